The monoisotopic (exact) mass is 252 g/mol. The first-order valence-electron chi connectivity index (χ1n) is 6.21. The second kappa shape index (κ2) is 6.44. The van der Waals surface area contributed by atoms with Gasteiger partial charge in [0.2, 0.25) is 0 Å². The van der Waals surface area contributed by atoms with E-state index in [2.05, 4.69) is 16.9 Å². The fraction of sp³-hybridized carbons (Fsp3) is 0.615. The van der Waals surface area contributed by atoms with Crippen LogP contribution in [0.2, 0.25) is 0 Å². The molecule has 1 rings (SSSR count). The highest BCUT2D eigenvalue weighted by Gasteiger charge is 2.19. The summed E-state index contributed by atoms with van der Waals surface area (Å²) in [6.45, 7) is 7.96. The highest BCUT2D eigenvalue weighted by atomic mass is 16.5. The number of nitrogens with zero attached hydrogens (tertiary/aromatic N) is 2. The van der Waals surface area contributed by atoms with Gasteiger partial charge in [-0.25, -0.2) is 14.8 Å². The fourth-order valence-corrected chi connectivity index (χ4v) is 1.95. The minimum atomic E-state index is -0.986. The van der Waals surface area contributed by atoms with Crippen molar-refractivity contribution in [2.24, 2.45) is 0 Å². The first kappa shape index (κ1) is 14.6. The third-order valence-electron chi connectivity index (χ3n) is 2.71. The SMILES string of the molecule is CCCC(OCC)c1nc(C)c(C(=O)O)c(C)n1. The van der Waals surface area contributed by atoms with Crippen LogP contribution in [0.25, 0.3) is 0 Å². The first-order chi connectivity index (χ1) is 8.51. The molecule has 0 fully saturated rings. The Labute approximate surface area is 107 Å². The van der Waals surface area contributed by atoms with Gasteiger partial charge in [0.05, 0.1) is 11.4 Å². The molecule has 0 radical (unpaired) electrons. The van der Waals surface area contributed by atoms with E-state index in [4.69, 9.17) is 9.84 Å². The van der Waals surface area contributed by atoms with Gasteiger partial charge >= 0.3 is 5.97 Å². The molecule has 0 aliphatic rings. The van der Waals surface area contributed by atoms with Crippen LogP contribution in [0.1, 0.15) is 60.4 Å². The van der Waals surface area contributed by atoms with E-state index < -0.39 is 5.97 Å². The summed E-state index contributed by atoms with van der Waals surface area (Å²) in [5.41, 5.74) is 1.17. The summed E-state index contributed by atoms with van der Waals surface area (Å²) in [4.78, 5) is 19.6. The van der Waals surface area contributed by atoms with Gasteiger partial charge in [0, 0.05) is 6.61 Å². The second-order valence-corrected chi connectivity index (χ2v) is 4.17. The lowest BCUT2D eigenvalue weighted by Gasteiger charge is -2.16. The Hall–Kier alpha value is -1.49. The van der Waals surface area contributed by atoms with Crippen molar-refractivity contribution in [1.82, 2.24) is 9.97 Å². The van der Waals surface area contributed by atoms with Crippen LogP contribution in [-0.4, -0.2) is 27.7 Å². The summed E-state index contributed by atoms with van der Waals surface area (Å²) in [6.07, 6.45) is 1.65. The van der Waals surface area contributed by atoms with E-state index in [1.165, 1.54) is 0 Å². The molecule has 0 saturated heterocycles. The highest BCUT2D eigenvalue weighted by molar-refractivity contribution is 5.89. The maximum atomic E-state index is 11.1. The van der Waals surface area contributed by atoms with E-state index in [1.807, 2.05) is 6.92 Å². The molecule has 1 heterocycles. The Kier molecular flexibility index (Phi) is 5.22. The van der Waals surface area contributed by atoms with Gasteiger partial charge in [0.15, 0.2) is 5.82 Å². The molecule has 0 spiro atoms. The number of rotatable bonds is 6. The van der Waals surface area contributed by atoms with Crippen molar-refractivity contribution in [3.63, 3.8) is 0 Å². The molecule has 5 heteroatoms. The van der Waals surface area contributed by atoms with Gasteiger partial charge in [-0.1, -0.05) is 13.3 Å². The second-order valence-electron chi connectivity index (χ2n) is 4.17. The summed E-state index contributed by atoms with van der Waals surface area (Å²) in [5.74, 6) is -0.404. The number of aromatic nitrogens is 2. The molecule has 1 N–H and O–H groups in total. The number of ether oxygens (including phenoxy) is 1. The highest BCUT2D eigenvalue weighted by Crippen LogP contribution is 2.21. The minimum Gasteiger partial charge on any atom is -0.478 e. The molecule has 0 aliphatic heterocycles. The zero-order valence-electron chi connectivity index (χ0n) is 11.4. The summed E-state index contributed by atoms with van der Waals surface area (Å²) < 4.78 is 5.61. The zero-order valence-corrected chi connectivity index (χ0v) is 11.4. The number of aryl methyl sites for hydroxylation is 2. The van der Waals surface area contributed by atoms with Gasteiger partial charge in [-0.2, -0.15) is 0 Å². The van der Waals surface area contributed by atoms with Gasteiger partial charge in [-0.15, -0.1) is 0 Å². The van der Waals surface area contributed by atoms with Gasteiger partial charge in [-0.3, -0.25) is 0 Å². The molecule has 1 atom stereocenters. The lowest BCUT2D eigenvalue weighted by atomic mass is 10.1. The molecule has 18 heavy (non-hydrogen) atoms. The number of hydrogen-bond acceptors (Lipinski definition) is 4. The topological polar surface area (TPSA) is 72.3 Å². The van der Waals surface area contributed by atoms with Crippen LogP contribution in [-0.2, 0) is 4.74 Å². The molecule has 1 aromatic heterocycles. The smallest absolute Gasteiger partial charge is 0.339 e. The van der Waals surface area contributed by atoms with Crippen molar-refractivity contribution in [3.8, 4) is 0 Å². The standard InChI is InChI=1S/C13H20N2O3/c1-5-7-10(18-6-2)12-14-8(3)11(13(16)17)9(4)15-12/h10H,5-7H2,1-4H3,(H,16,17). The molecule has 0 bridgehead atoms. The number of carboxylic acids is 1. The number of carbonyl (C=O) groups is 1. The molecule has 5 nitrogen and oxygen atoms in total. The molecule has 0 amide bonds. The van der Waals surface area contributed by atoms with Crippen LogP contribution in [0, 0.1) is 13.8 Å². The van der Waals surface area contributed by atoms with Crippen LogP contribution >= 0.6 is 0 Å². The van der Waals surface area contributed by atoms with Crippen LogP contribution in [0.5, 0.6) is 0 Å². The molecule has 1 aromatic rings. The van der Waals surface area contributed by atoms with Gasteiger partial charge in [-0.05, 0) is 27.2 Å². The van der Waals surface area contributed by atoms with Crippen molar-refractivity contribution in [2.75, 3.05) is 6.61 Å². The molecular weight excluding hydrogens is 232 g/mol. The lowest BCUT2D eigenvalue weighted by Crippen LogP contribution is -2.14. The molecule has 0 aliphatic carbocycles. The summed E-state index contributed by atoms with van der Waals surface area (Å²) >= 11 is 0. The summed E-state index contributed by atoms with van der Waals surface area (Å²) in [6, 6.07) is 0. The van der Waals surface area contributed by atoms with Crippen LogP contribution in [0.15, 0.2) is 0 Å². The average molecular weight is 252 g/mol. The fourth-order valence-electron chi connectivity index (χ4n) is 1.95. The molecule has 0 aromatic carbocycles. The third-order valence-corrected chi connectivity index (χ3v) is 2.71. The third kappa shape index (κ3) is 3.26. The molecule has 100 valence electrons. The van der Waals surface area contributed by atoms with Crippen molar-refractivity contribution in [3.05, 3.63) is 22.8 Å². The minimum absolute atomic E-state index is 0.153. The molecular formula is C13H20N2O3. The van der Waals surface area contributed by atoms with Crippen LogP contribution in [0.4, 0.5) is 0 Å². The summed E-state index contributed by atoms with van der Waals surface area (Å²) in [5, 5.41) is 9.07. The molecule has 0 saturated carbocycles. The van der Waals surface area contributed by atoms with E-state index in [-0.39, 0.29) is 11.7 Å². The van der Waals surface area contributed by atoms with Crippen molar-refractivity contribution in [1.29, 1.82) is 0 Å². The maximum absolute atomic E-state index is 11.1. The van der Waals surface area contributed by atoms with Gasteiger partial charge < -0.3 is 9.84 Å². The van der Waals surface area contributed by atoms with Crippen LogP contribution < -0.4 is 0 Å². The van der Waals surface area contributed by atoms with Gasteiger partial charge in [0.1, 0.15) is 11.7 Å². The quantitative estimate of drug-likeness (QED) is 0.842. The lowest BCUT2D eigenvalue weighted by molar-refractivity contribution is 0.0488. The largest absolute Gasteiger partial charge is 0.478 e. The maximum Gasteiger partial charge on any atom is 0.339 e. The van der Waals surface area contributed by atoms with E-state index in [9.17, 15) is 4.79 Å². The summed E-state index contributed by atoms with van der Waals surface area (Å²) in [7, 11) is 0. The zero-order chi connectivity index (χ0) is 13.7. The first-order valence-corrected chi connectivity index (χ1v) is 6.21. The van der Waals surface area contributed by atoms with E-state index in [0.717, 1.165) is 12.8 Å². The Morgan fingerprint density at radius 2 is 1.83 bits per heavy atom. The Bertz CT molecular complexity index is 403. The predicted octanol–water partition coefficient (Wildman–Crippen LogP) is 2.67. The Morgan fingerprint density at radius 1 is 1.28 bits per heavy atom. The average Bonchev–Trinajstić information content (AvgIpc) is 2.27. The van der Waals surface area contributed by atoms with Crippen molar-refractivity contribution < 1.29 is 14.6 Å². The number of aromatic carboxylic acids is 1. The van der Waals surface area contributed by atoms with E-state index in [0.29, 0.717) is 23.8 Å². The van der Waals surface area contributed by atoms with E-state index >= 15 is 0 Å². The normalized spacial score (nSPS) is 12.4. The molecule has 1 unspecified atom stereocenters. The number of carboxylic acid groups (broad SMARTS) is 1. The van der Waals surface area contributed by atoms with Crippen molar-refractivity contribution >= 4 is 5.97 Å². The Morgan fingerprint density at radius 3 is 2.22 bits per heavy atom. The van der Waals surface area contributed by atoms with E-state index in [1.54, 1.807) is 13.8 Å². The number of hydrogen-bond donors (Lipinski definition) is 1. The Balaban J connectivity index is 3.14. The van der Waals surface area contributed by atoms with Crippen LogP contribution in [0.3, 0.4) is 0 Å². The van der Waals surface area contributed by atoms with Crippen molar-refractivity contribution in [2.45, 2.75) is 46.6 Å². The van der Waals surface area contributed by atoms with Gasteiger partial charge in [0.25, 0.3) is 0 Å². The predicted molar refractivity (Wildman–Crippen MR) is 67.7 cm³/mol.